The van der Waals surface area contributed by atoms with Crippen molar-refractivity contribution in [3.05, 3.63) is 53.9 Å². The van der Waals surface area contributed by atoms with Crippen molar-refractivity contribution >= 4 is 12.0 Å². The first kappa shape index (κ1) is 23.5. The van der Waals surface area contributed by atoms with E-state index in [9.17, 15) is 18.0 Å². The van der Waals surface area contributed by atoms with E-state index in [1.165, 1.54) is 5.56 Å². The van der Waals surface area contributed by atoms with E-state index >= 15 is 0 Å². The predicted octanol–water partition coefficient (Wildman–Crippen LogP) is 3.19. The summed E-state index contributed by atoms with van der Waals surface area (Å²) in [7, 11) is 0. The van der Waals surface area contributed by atoms with Gasteiger partial charge in [0.05, 0.1) is 30.9 Å². The number of morpholine rings is 1. The minimum absolute atomic E-state index is 0.0747. The number of aromatic nitrogens is 2. The highest BCUT2D eigenvalue weighted by Gasteiger charge is 2.54. The fraction of sp³-hybridized carbons (Fsp3) is 0.560. The molecule has 0 radical (unpaired) electrons. The summed E-state index contributed by atoms with van der Waals surface area (Å²) in [6.45, 7) is 4.43. The van der Waals surface area contributed by atoms with Crippen molar-refractivity contribution in [3.63, 3.8) is 0 Å². The Morgan fingerprint density at radius 1 is 1.06 bits per heavy atom. The Kier molecular flexibility index (Phi) is 5.79. The van der Waals surface area contributed by atoms with Gasteiger partial charge in [-0.15, -0.1) is 0 Å². The number of ether oxygens (including phenoxy) is 2. The molecule has 1 amide bonds. The van der Waals surface area contributed by atoms with Gasteiger partial charge < -0.3 is 14.4 Å². The fourth-order valence-corrected chi connectivity index (χ4v) is 6.06. The minimum Gasteiger partial charge on any atom is -0.446 e. The minimum atomic E-state index is -4.48. The number of amides is 1. The molecule has 0 N–H and O–H groups in total. The fourth-order valence-electron chi connectivity index (χ4n) is 6.06. The SMILES string of the molecule is O=C(OC1CC2(C1)CN(Cc1ccccc1)C2)N1C2COCC1CN(c1ncc(C(F)(F)F)cn1)C2. The number of hydrogen-bond donors (Lipinski definition) is 0. The zero-order valence-electron chi connectivity index (χ0n) is 19.7. The number of nitrogens with zero attached hydrogens (tertiary/aromatic N) is 5. The molecule has 1 aliphatic carbocycles. The van der Waals surface area contributed by atoms with Crippen LogP contribution in [0.5, 0.6) is 0 Å². The van der Waals surface area contributed by atoms with Gasteiger partial charge in [0, 0.05) is 50.5 Å². The van der Waals surface area contributed by atoms with Gasteiger partial charge in [-0.1, -0.05) is 30.3 Å². The molecule has 6 rings (SSSR count). The lowest BCUT2D eigenvalue weighted by Crippen LogP contribution is -2.68. The van der Waals surface area contributed by atoms with Crippen molar-refractivity contribution in [3.8, 4) is 0 Å². The molecule has 192 valence electrons. The molecular weight excluding hydrogens is 475 g/mol. The van der Waals surface area contributed by atoms with Crippen molar-refractivity contribution in [1.82, 2.24) is 19.8 Å². The molecule has 8 nitrogen and oxygen atoms in total. The van der Waals surface area contributed by atoms with E-state index in [0.717, 1.165) is 44.9 Å². The molecule has 4 aliphatic rings. The molecule has 1 saturated carbocycles. The van der Waals surface area contributed by atoms with E-state index in [-0.39, 0.29) is 35.6 Å². The van der Waals surface area contributed by atoms with E-state index in [1.807, 2.05) is 11.0 Å². The smallest absolute Gasteiger partial charge is 0.419 e. The molecule has 2 bridgehead atoms. The van der Waals surface area contributed by atoms with Crippen LogP contribution in [-0.4, -0.2) is 83.4 Å². The summed E-state index contributed by atoms with van der Waals surface area (Å²) in [5.74, 6) is 0.221. The quantitative estimate of drug-likeness (QED) is 0.635. The maximum absolute atomic E-state index is 13.1. The van der Waals surface area contributed by atoms with Gasteiger partial charge in [0.25, 0.3) is 0 Å². The molecule has 2 unspecified atom stereocenters. The van der Waals surface area contributed by atoms with Gasteiger partial charge in [0.1, 0.15) is 6.10 Å². The number of likely N-dealkylation sites (tertiary alicyclic amines) is 1. The van der Waals surface area contributed by atoms with Crippen LogP contribution in [-0.2, 0) is 22.2 Å². The summed E-state index contributed by atoms with van der Waals surface area (Å²) < 4.78 is 50.1. The van der Waals surface area contributed by atoms with E-state index in [2.05, 4.69) is 39.1 Å². The molecule has 1 aromatic carbocycles. The van der Waals surface area contributed by atoms with Crippen molar-refractivity contribution in [2.24, 2.45) is 5.41 Å². The predicted molar refractivity (Wildman–Crippen MR) is 123 cm³/mol. The third-order valence-corrected chi connectivity index (χ3v) is 7.68. The molecule has 2 aromatic rings. The lowest BCUT2D eigenvalue weighted by atomic mass is 9.61. The molecule has 1 aromatic heterocycles. The van der Waals surface area contributed by atoms with Crippen LogP contribution in [0.2, 0.25) is 0 Å². The molecule has 3 aliphatic heterocycles. The van der Waals surface area contributed by atoms with E-state index in [0.29, 0.717) is 26.3 Å². The summed E-state index contributed by atoms with van der Waals surface area (Å²) in [6, 6.07) is 9.88. The second-order valence-corrected chi connectivity index (χ2v) is 10.5. The Labute approximate surface area is 207 Å². The van der Waals surface area contributed by atoms with Gasteiger partial charge in [-0.25, -0.2) is 14.8 Å². The van der Waals surface area contributed by atoms with Gasteiger partial charge >= 0.3 is 12.3 Å². The van der Waals surface area contributed by atoms with Gasteiger partial charge in [0.2, 0.25) is 5.95 Å². The van der Waals surface area contributed by atoms with Crippen LogP contribution in [0.4, 0.5) is 23.9 Å². The third-order valence-electron chi connectivity index (χ3n) is 7.68. The summed E-state index contributed by atoms with van der Waals surface area (Å²) >= 11 is 0. The second-order valence-electron chi connectivity index (χ2n) is 10.5. The average molecular weight is 504 g/mol. The summed E-state index contributed by atoms with van der Waals surface area (Å²) in [5, 5.41) is 0. The van der Waals surface area contributed by atoms with Crippen LogP contribution in [0, 0.1) is 5.41 Å². The number of rotatable bonds is 4. The summed E-state index contributed by atoms with van der Waals surface area (Å²) in [4.78, 5) is 26.9. The summed E-state index contributed by atoms with van der Waals surface area (Å²) in [5.41, 5.74) is 0.686. The highest BCUT2D eigenvalue weighted by Crippen LogP contribution is 2.50. The molecule has 11 heteroatoms. The number of anilines is 1. The average Bonchev–Trinajstić information content (AvgIpc) is 2.80. The standard InChI is InChI=1S/C25H28F3N5O3/c26-25(27,28)18-8-29-22(30-9-18)32-11-19-13-35-14-20(12-32)33(19)23(34)36-21-6-24(7-21)15-31(16-24)10-17-4-2-1-3-5-17/h1-5,8-9,19-21H,6-7,10-16H2. The molecule has 1 spiro atoms. The number of carbonyl (C=O) groups is 1. The maximum Gasteiger partial charge on any atom is 0.419 e. The monoisotopic (exact) mass is 503 g/mol. The number of piperazine rings is 1. The Balaban J connectivity index is 1.01. The molecule has 3 saturated heterocycles. The number of hydrogen-bond acceptors (Lipinski definition) is 7. The zero-order valence-corrected chi connectivity index (χ0v) is 19.7. The summed E-state index contributed by atoms with van der Waals surface area (Å²) in [6.07, 6.45) is -1.53. The topological polar surface area (TPSA) is 71.0 Å². The normalized spacial score (nSPS) is 25.9. The number of alkyl halides is 3. The molecular formula is C25H28F3N5O3. The van der Waals surface area contributed by atoms with E-state index in [1.54, 1.807) is 4.90 Å². The number of fused-ring (bicyclic) bond motifs is 2. The lowest BCUT2D eigenvalue weighted by Gasteiger charge is -2.59. The van der Waals surface area contributed by atoms with Crippen LogP contribution in [0.15, 0.2) is 42.7 Å². The van der Waals surface area contributed by atoms with Gasteiger partial charge in [-0.05, 0) is 18.4 Å². The highest BCUT2D eigenvalue weighted by molar-refractivity contribution is 5.70. The highest BCUT2D eigenvalue weighted by atomic mass is 19.4. The van der Waals surface area contributed by atoms with Crippen molar-refractivity contribution < 1.29 is 27.4 Å². The van der Waals surface area contributed by atoms with E-state index in [4.69, 9.17) is 9.47 Å². The van der Waals surface area contributed by atoms with Crippen molar-refractivity contribution in [1.29, 1.82) is 0 Å². The third kappa shape index (κ3) is 4.50. The first-order valence-electron chi connectivity index (χ1n) is 12.3. The van der Waals surface area contributed by atoms with Crippen LogP contribution in [0.3, 0.4) is 0 Å². The van der Waals surface area contributed by atoms with Crippen LogP contribution in [0.1, 0.15) is 24.0 Å². The molecule has 4 heterocycles. The van der Waals surface area contributed by atoms with Gasteiger partial charge in [-0.2, -0.15) is 13.2 Å². The molecule has 2 atom stereocenters. The van der Waals surface area contributed by atoms with E-state index < -0.39 is 11.7 Å². The first-order chi connectivity index (χ1) is 17.3. The Hall–Kier alpha value is -2.92. The second kappa shape index (κ2) is 8.88. The van der Waals surface area contributed by atoms with Gasteiger partial charge in [-0.3, -0.25) is 9.80 Å². The lowest BCUT2D eigenvalue weighted by molar-refractivity contribution is -0.143. The van der Waals surface area contributed by atoms with Crippen molar-refractivity contribution in [2.45, 2.75) is 43.8 Å². The molecule has 36 heavy (non-hydrogen) atoms. The Bertz CT molecular complexity index is 1070. The number of benzene rings is 1. The molecule has 4 fully saturated rings. The van der Waals surface area contributed by atoms with Crippen LogP contribution < -0.4 is 4.90 Å². The van der Waals surface area contributed by atoms with Crippen LogP contribution >= 0.6 is 0 Å². The van der Waals surface area contributed by atoms with Gasteiger partial charge in [0.15, 0.2) is 0 Å². The largest absolute Gasteiger partial charge is 0.446 e. The van der Waals surface area contributed by atoms with Crippen LogP contribution in [0.25, 0.3) is 0 Å². The maximum atomic E-state index is 13.1. The Morgan fingerprint density at radius 2 is 1.69 bits per heavy atom. The number of carbonyl (C=O) groups excluding carboxylic acids is 1. The van der Waals surface area contributed by atoms with Crippen molar-refractivity contribution in [2.75, 3.05) is 44.3 Å². The zero-order chi connectivity index (χ0) is 24.9. The Morgan fingerprint density at radius 3 is 2.31 bits per heavy atom. The number of halogens is 3. The first-order valence-corrected chi connectivity index (χ1v) is 12.3.